The molecule has 10 rings (SSSR count). The van der Waals surface area contributed by atoms with Crippen molar-refractivity contribution >= 4 is 59.4 Å². The molecule has 0 radical (unpaired) electrons. The Bertz CT molecular complexity index is 1810. The summed E-state index contributed by atoms with van der Waals surface area (Å²) < 4.78 is 24.8. The molecule has 0 unspecified atom stereocenters. The van der Waals surface area contributed by atoms with Crippen LogP contribution in [0.3, 0.4) is 0 Å². The first-order valence-corrected chi connectivity index (χ1v) is 22.2. The minimum Gasteiger partial charge on any atom is -0.457 e. The maximum Gasteiger partial charge on any atom is 0.128 e. The van der Waals surface area contributed by atoms with E-state index in [1.807, 2.05) is 60.7 Å². The monoisotopic (exact) mass is 866 g/mol. The van der Waals surface area contributed by atoms with Gasteiger partial charge < -0.3 is 29.6 Å². The molecular formula is C48H58Cl4N2O4. The molecule has 0 aromatic heterocycles. The van der Waals surface area contributed by atoms with Crippen molar-refractivity contribution in [3.8, 4) is 23.0 Å². The predicted octanol–water partition coefficient (Wildman–Crippen LogP) is 14.8. The molecule has 2 aliphatic carbocycles. The number of fused-ring (bicyclic) bond motifs is 6. The second-order valence-electron chi connectivity index (χ2n) is 16.9. The lowest BCUT2D eigenvalue weighted by Crippen LogP contribution is -2.46. The van der Waals surface area contributed by atoms with Crippen molar-refractivity contribution in [2.24, 2.45) is 23.7 Å². The van der Waals surface area contributed by atoms with Gasteiger partial charge in [-0.05, 0) is 136 Å². The zero-order valence-corrected chi connectivity index (χ0v) is 36.4. The number of hydrogen-bond acceptors (Lipinski definition) is 6. The topological polar surface area (TPSA) is 61.0 Å². The number of nitrogens with one attached hydrogen (secondary N) is 2. The van der Waals surface area contributed by atoms with Crippen molar-refractivity contribution in [3.63, 3.8) is 0 Å². The van der Waals surface area contributed by atoms with E-state index in [9.17, 15) is 0 Å². The summed E-state index contributed by atoms with van der Waals surface area (Å²) in [7, 11) is 0. The minimum absolute atomic E-state index is 0. The van der Waals surface area contributed by atoms with Crippen LogP contribution in [0.25, 0.3) is 0 Å². The molecule has 0 bridgehead atoms. The van der Waals surface area contributed by atoms with Gasteiger partial charge in [-0.1, -0.05) is 73.9 Å². The van der Waals surface area contributed by atoms with E-state index in [0.29, 0.717) is 34.0 Å². The van der Waals surface area contributed by atoms with Crippen molar-refractivity contribution in [1.82, 2.24) is 0 Å². The van der Waals surface area contributed by atoms with Gasteiger partial charge in [0, 0.05) is 69.7 Å². The fraction of sp³-hybridized carbons (Fsp3) is 0.500. The van der Waals surface area contributed by atoms with Crippen LogP contribution in [0.5, 0.6) is 23.0 Å². The van der Waals surface area contributed by atoms with Gasteiger partial charge in [0.2, 0.25) is 0 Å². The molecule has 0 spiro atoms. The zero-order valence-electron chi connectivity index (χ0n) is 33.2. The lowest BCUT2D eigenvalue weighted by Gasteiger charge is -2.47. The lowest BCUT2D eigenvalue weighted by atomic mass is 9.71. The van der Waals surface area contributed by atoms with Crippen molar-refractivity contribution in [2.45, 2.75) is 114 Å². The second kappa shape index (κ2) is 20.1. The van der Waals surface area contributed by atoms with Crippen LogP contribution in [0, 0.1) is 23.7 Å². The standard InChI is InChI=1S/2C24H28ClNO2.2ClH/c2*25-17-8-4-9-18(14-17)28-19-11-12-22-21(15-19)24-20(10-5-13-27-24)23(26-22)16-6-2-1-3-7-16;;/h2*4,8-9,11-12,14-16,20,23-24,26H,1-3,5-7,10,13H2;2*1H/t20-,23+,24-;20-,23-,24-;;/m00../s1. The lowest BCUT2D eigenvalue weighted by molar-refractivity contribution is -0.0459. The molecule has 4 fully saturated rings. The molecule has 2 saturated heterocycles. The summed E-state index contributed by atoms with van der Waals surface area (Å²) in [4.78, 5) is 0. The molecule has 58 heavy (non-hydrogen) atoms. The number of ether oxygens (including phenoxy) is 4. The van der Waals surface area contributed by atoms with Gasteiger partial charge in [0.05, 0.1) is 12.2 Å². The van der Waals surface area contributed by atoms with Gasteiger partial charge in [0.1, 0.15) is 23.0 Å². The molecule has 6 atom stereocenters. The van der Waals surface area contributed by atoms with Crippen molar-refractivity contribution < 1.29 is 18.9 Å². The van der Waals surface area contributed by atoms with Gasteiger partial charge in [0.25, 0.3) is 0 Å². The van der Waals surface area contributed by atoms with Crippen molar-refractivity contribution in [1.29, 1.82) is 0 Å². The maximum absolute atomic E-state index is 6.34. The highest BCUT2D eigenvalue weighted by Crippen LogP contribution is 2.50. The number of rotatable bonds is 6. The highest BCUT2D eigenvalue weighted by Gasteiger charge is 2.44. The molecule has 4 aliphatic heterocycles. The highest BCUT2D eigenvalue weighted by atomic mass is 35.5. The number of hydrogen-bond donors (Lipinski definition) is 2. The average Bonchev–Trinajstić information content (AvgIpc) is 3.24. The van der Waals surface area contributed by atoms with E-state index in [0.717, 1.165) is 48.0 Å². The summed E-state index contributed by atoms with van der Waals surface area (Å²) in [5.74, 6) is 5.88. The van der Waals surface area contributed by atoms with Crippen molar-refractivity contribution in [2.75, 3.05) is 23.8 Å². The fourth-order valence-corrected chi connectivity index (χ4v) is 11.1. The van der Waals surface area contributed by atoms with E-state index in [4.69, 9.17) is 42.1 Å². The Morgan fingerprint density at radius 3 is 1.29 bits per heavy atom. The fourth-order valence-electron chi connectivity index (χ4n) is 10.8. The van der Waals surface area contributed by atoms with Crippen LogP contribution in [0.1, 0.15) is 113 Å². The Kier molecular flexibility index (Phi) is 15.0. The molecule has 10 heteroatoms. The van der Waals surface area contributed by atoms with Crippen molar-refractivity contribution in [3.05, 3.63) is 106 Å². The number of anilines is 2. The van der Waals surface area contributed by atoms with Gasteiger partial charge >= 0.3 is 0 Å². The van der Waals surface area contributed by atoms with Crippen LogP contribution in [0.4, 0.5) is 11.4 Å². The van der Waals surface area contributed by atoms with Crippen LogP contribution >= 0.6 is 48.0 Å². The summed E-state index contributed by atoms with van der Waals surface area (Å²) in [5.41, 5.74) is 4.93. The minimum atomic E-state index is 0. The van der Waals surface area contributed by atoms with Crippen LogP contribution in [-0.4, -0.2) is 25.3 Å². The Labute approximate surface area is 367 Å². The summed E-state index contributed by atoms with van der Waals surface area (Å²) in [6.45, 7) is 1.72. The predicted molar refractivity (Wildman–Crippen MR) is 241 cm³/mol. The van der Waals surface area contributed by atoms with Gasteiger partial charge in [-0.25, -0.2) is 0 Å². The van der Waals surface area contributed by atoms with E-state index < -0.39 is 0 Å². The molecule has 4 heterocycles. The SMILES string of the molecule is Cl.Cl.Clc1cccc(Oc2ccc3c(c2)[C@H]2OCCC[C@H]2[C@@H](C2CCCCC2)N3)c1.Clc1cccc(Oc2ccc3c(c2)[C@H]2OCCC[C@H]2[C@H](C2CCCCC2)N3)c1. The van der Waals surface area contributed by atoms with E-state index >= 15 is 0 Å². The van der Waals surface area contributed by atoms with Gasteiger partial charge in [-0.15, -0.1) is 24.8 Å². The number of benzene rings is 4. The van der Waals surface area contributed by atoms with Gasteiger partial charge in [-0.2, -0.15) is 0 Å². The maximum atomic E-state index is 6.34. The van der Waals surface area contributed by atoms with E-state index in [1.165, 1.54) is 112 Å². The van der Waals surface area contributed by atoms with Crippen LogP contribution in [0.2, 0.25) is 10.0 Å². The van der Waals surface area contributed by atoms with Gasteiger partial charge in [0.15, 0.2) is 0 Å². The average molecular weight is 869 g/mol. The summed E-state index contributed by atoms with van der Waals surface area (Å²) in [6, 6.07) is 28.9. The first-order chi connectivity index (χ1) is 27.6. The summed E-state index contributed by atoms with van der Waals surface area (Å²) in [6.07, 6.45) is 18.9. The summed E-state index contributed by atoms with van der Waals surface area (Å²) >= 11 is 12.2. The molecule has 2 saturated carbocycles. The molecular weight excluding hydrogens is 810 g/mol. The third kappa shape index (κ3) is 9.85. The zero-order chi connectivity index (χ0) is 37.8. The highest BCUT2D eigenvalue weighted by molar-refractivity contribution is 6.31. The second-order valence-corrected chi connectivity index (χ2v) is 17.8. The molecule has 6 aliphatic rings. The third-order valence-electron chi connectivity index (χ3n) is 13.3. The quantitative estimate of drug-likeness (QED) is 0.201. The van der Waals surface area contributed by atoms with Crippen LogP contribution < -0.4 is 20.1 Å². The molecule has 6 nitrogen and oxygen atoms in total. The molecule has 4 aromatic carbocycles. The van der Waals surface area contributed by atoms with E-state index in [1.54, 1.807) is 0 Å². The third-order valence-corrected chi connectivity index (χ3v) is 13.8. The number of halogens is 4. The smallest absolute Gasteiger partial charge is 0.128 e. The van der Waals surface area contributed by atoms with E-state index in [-0.39, 0.29) is 37.0 Å². The Balaban J connectivity index is 0.000000171. The molecule has 2 N–H and O–H groups in total. The molecule has 4 aromatic rings. The normalized spacial score (nSPS) is 26.4. The Morgan fingerprint density at radius 1 is 0.466 bits per heavy atom. The van der Waals surface area contributed by atoms with Crippen LogP contribution in [-0.2, 0) is 9.47 Å². The Hall–Kier alpha value is -2.84. The largest absolute Gasteiger partial charge is 0.457 e. The van der Waals surface area contributed by atoms with Gasteiger partial charge in [-0.3, -0.25) is 0 Å². The van der Waals surface area contributed by atoms with E-state index in [2.05, 4.69) is 34.9 Å². The van der Waals surface area contributed by atoms with Crippen LogP contribution in [0.15, 0.2) is 84.9 Å². The molecule has 312 valence electrons. The Morgan fingerprint density at radius 2 is 0.879 bits per heavy atom. The first-order valence-electron chi connectivity index (χ1n) is 21.5. The molecule has 0 amide bonds. The summed E-state index contributed by atoms with van der Waals surface area (Å²) in [5, 5.41) is 9.19. The first kappa shape index (κ1) is 43.3.